The van der Waals surface area contributed by atoms with E-state index in [2.05, 4.69) is 16.8 Å². The normalized spacial score (nSPS) is 22.6. The van der Waals surface area contributed by atoms with E-state index in [1.165, 1.54) is 5.41 Å². The molecule has 2 N–H and O–H groups in total. The van der Waals surface area contributed by atoms with Gasteiger partial charge in [-0.2, -0.15) is 0 Å². The van der Waals surface area contributed by atoms with E-state index in [9.17, 15) is 8.42 Å². The van der Waals surface area contributed by atoms with Gasteiger partial charge in [0.15, 0.2) is 0 Å². The summed E-state index contributed by atoms with van der Waals surface area (Å²) in [7, 11) is -1.21. The van der Waals surface area contributed by atoms with Crippen molar-refractivity contribution in [3.8, 4) is 0 Å². The molecule has 5 nitrogen and oxygen atoms in total. The topological polar surface area (TPSA) is 66.6 Å². The number of sulfone groups is 1. The van der Waals surface area contributed by atoms with Gasteiger partial charge in [0, 0.05) is 43.8 Å². The van der Waals surface area contributed by atoms with Crippen molar-refractivity contribution in [2.45, 2.75) is 4.90 Å². The number of nitrogens with two attached hydrogens (primary N) is 1. The monoisotopic (exact) mass is 293 g/mol. The molecule has 0 spiro atoms. The number of likely N-dealkylation sites (N-methyl/N-ethyl adjacent to an activating group) is 1. The predicted molar refractivity (Wildman–Crippen MR) is 80.0 cm³/mol. The van der Waals surface area contributed by atoms with Gasteiger partial charge in [-0.05, 0) is 30.3 Å². The van der Waals surface area contributed by atoms with Gasteiger partial charge in [0.1, 0.15) is 0 Å². The Morgan fingerprint density at radius 1 is 1.20 bits per heavy atom. The van der Waals surface area contributed by atoms with E-state index >= 15 is 0 Å². The van der Waals surface area contributed by atoms with Crippen molar-refractivity contribution in [3.05, 3.63) is 29.2 Å². The van der Waals surface area contributed by atoms with E-state index in [1.54, 1.807) is 12.1 Å². The third-order valence-corrected chi connectivity index (χ3v) is 5.49. The van der Waals surface area contributed by atoms with Gasteiger partial charge in [0.05, 0.1) is 4.90 Å². The molecule has 0 atom stereocenters. The summed E-state index contributed by atoms with van der Waals surface area (Å²) in [6.07, 6.45) is 0. The summed E-state index contributed by atoms with van der Waals surface area (Å²) in [4.78, 5) is 4.93. The summed E-state index contributed by atoms with van der Waals surface area (Å²) in [5, 5.41) is 1.40. The van der Waals surface area contributed by atoms with E-state index in [-0.39, 0.29) is 0 Å². The number of anilines is 1. The fourth-order valence-electron chi connectivity index (χ4n) is 2.72. The molecule has 1 aromatic rings. The van der Waals surface area contributed by atoms with Crippen LogP contribution in [-0.4, -0.2) is 58.0 Å². The predicted octanol–water partition coefficient (Wildman–Crippen LogP) is 0.644. The molecule has 0 radical (unpaired) electrons. The number of benzene rings is 1. The number of hydrogen-bond acceptors (Lipinski definition) is 5. The Hall–Kier alpha value is -1.37. The van der Waals surface area contributed by atoms with E-state index in [1.807, 2.05) is 6.07 Å². The first kappa shape index (κ1) is 13.6. The molecule has 20 heavy (non-hydrogen) atoms. The molecule has 1 aromatic carbocycles. The highest BCUT2D eigenvalue weighted by atomic mass is 32.2. The van der Waals surface area contributed by atoms with Gasteiger partial charge in [-0.25, -0.2) is 8.42 Å². The summed E-state index contributed by atoms with van der Waals surface area (Å²) >= 11 is 0. The summed E-state index contributed by atoms with van der Waals surface area (Å²) in [6.45, 7) is 4.67. The zero-order valence-corrected chi connectivity index (χ0v) is 12.4. The highest BCUT2D eigenvalue weighted by Crippen LogP contribution is 2.35. The first-order chi connectivity index (χ1) is 9.45. The molecular weight excluding hydrogens is 274 g/mol. The molecule has 0 unspecified atom stereocenters. The maximum Gasteiger partial charge on any atom is 0.200 e. The molecule has 2 aliphatic heterocycles. The van der Waals surface area contributed by atoms with Crippen LogP contribution in [0.1, 0.15) is 5.56 Å². The second-order valence-electron chi connectivity index (χ2n) is 5.52. The van der Waals surface area contributed by atoms with Gasteiger partial charge in [0.25, 0.3) is 0 Å². The molecule has 108 valence electrons. The van der Waals surface area contributed by atoms with Crippen molar-refractivity contribution in [3.63, 3.8) is 0 Å². The SMILES string of the molecule is CN1CCN(CC2=CS(=O)(=O)c3cc(N)ccc32)CC1. The lowest BCUT2D eigenvalue weighted by Gasteiger charge is -2.32. The smallest absolute Gasteiger partial charge is 0.200 e. The summed E-state index contributed by atoms with van der Waals surface area (Å²) in [5.74, 6) is 0. The second kappa shape index (κ2) is 4.87. The van der Waals surface area contributed by atoms with Crippen LogP contribution >= 0.6 is 0 Å². The van der Waals surface area contributed by atoms with Crippen molar-refractivity contribution in [1.29, 1.82) is 0 Å². The molecule has 2 heterocycles. The molecule has 3 rings (SSSR count). The van der Waals surface area contributed by atoms with Gasteiger partial charge in [-0.15, -0.1) is 0 Å². The van der Waals surface area contributed by atoms with Crippen molar-refractivity contribution in [2.75, 3.05) is 45.5 Å². The largest absolute Gasteiger partial charge is 0.399 e. The average Bonchev–Trinajstić information content (AvgIpc) is 2.64. The number of nitrogen functional groups attached to an aromatic ring is 1. The van der Waals surface area contributed by atoms with Crippen LogP contribution in [0.5, 0.6) is 0 Å². The number of fused-ring (bicyclic) bond motifs is 1. The summed E-state index contributed by atoms with van der Waals surface area (Å²) in [6, 6.07) is 5.13. The third-order valence-electron chi connectivity index (χ3n) is 3.95. The number of piperazine rings is 1. The molecule has 0 bridgehead atoms. The lowest BCUT2D eigenvalue weighted by atomic mass is 10.1. The Balaban J connectivity index is 1.86. The van der Waals surface area contributed by atoms with Crippen LogP contribution in [0.15, 0.2) is 28.5 Å². The highest BCUT2D eigenvalue weighted by molar-refractivity contribution is 7.95. The Morgan fingerprint density at radius 3 is 2.60 bits per heavy atom. The van der Waals surface area contributed by atoms with E-state index in [0.29, 0.717) is 17.1 Å². The van der Waals surface area contributed by atoms with E-state index in [4.69, 9.17) is 5.73 Å². The summed E-state index contributed by atoms with van der Waals surface area (Å²) in [5.41, 5.74) is 7.86. The zero-order chi connectivity index (χ0) is 14.3. The Kier molecular flexibility index (Phi) is 3.32. The Bertz CT molecular complexity index is 659. The molecule has 1 fully saturated rings. The van der Waals surface area contributed by atoms with Crippen LogP contribution in [0.25, 0.3) is 5.57 Å². The minimum atomic E-state index is -3.32. The minimum absolute atomic E-state index is 0.349. The van der Waals surface area contributed by atoms with Crippen molar-refractivity contribution >= 4 is 21.1 Å². The molecular formula is C14H19N3O2S. The standard InChI is InChI=1S/C14H19N3O2S/c1-16-4-6-17(7-5-16)9-11-10-20(18,19)14-8-12(15)2-3-13(11)14/h2-3,8,10H,4-7,9,15H2,1H3. The molecule has 0 amide bonds. The van der Waals surface area contributed by atoms with Crippen molar-refractivity contribution < 1.29 is 8.42 Å². The van der Waals surface area contributed by atoms with Crippen LogP contribution in [0.2, 0.25) is 0 Å². The van der Waals surface area contributed by atoms with Gasteiger partial charge < -0.3 is 10.6 Å². The average molecular weight is 293 g/mol. The summed E-state index contributed by atoms with van der Waals surface area (Å²) < 4.78 is 24.3. The fraction of sp³-hybridized carbons (Fsp3) is 0.429. The van der Waals surface area contributed by atoms with Crippen LogP contribution in [0, 0.1) is 0 Å². The highest BCUT2D eigenvalue weighted by Gasteiger charge is 2.28. The third kappa shape index (κ3) is 2.46. The van der Waals surface area contributed by atoms with Gasteiger partial charge in [-0.1, -0.05) is 6.07 Å². The maximum atomic E-state index is 12.2. The first-order valence-corrected chi connectivity index (χ1v) is 8.27. The van der Waals surface area contributed by atoms with E-state index in [0.717, 1.165) is 37.3 Å². The van der Waals surface area contributed by atoms with Gasteiger partial charge >= 0.3 is 0 Å². The number of hydrogen-bond donors (Lipinski definition) is 1. The zero-order valence-electron chi connectivity index (χ0n) is 11.5. The maximum absolute atomic E-state index is 12.2. The van der Waals surface area contributed by atoms with Crippen LogP contribution in [-0.2, 0) is 9.84 Å². The molecule has 6 heteroatoms. The molecule has 0 aliphatic carbocycles. The molecule has 0 aromatic heterocycles. The van der Waals surface area contributed by atoms with Crippen molar-refractivity contribution in [2.24, 2.45) is 0 Å². The number of nitrogens with zero attached hydrogens (tertiary/aromatic N) is 2. The lowest BCUT2D eigenvalue weighted by molar-refractivity contribution is 0.168. The quantitative estimate of drug-likeness (QED) is 0.811. The van der Waals surface area contributed by atoms with E-state index < -0.39 is 9.84 Å². The molecule has 2 aliphatic rings. The Labute approximate surface area is 119 Å². The Morgan fingerprint density at radius 2 is 1.90 bits per heavy atom. The van der Waals surface area contributed by atoms with Crippen molar-refractivity contribution in [1.82, 2.24) is 9.80 Å². The first-order valence-electron chi connectivity index (χ1n) is 6.72. The minimum Gasteiger partial charge on any atom is -0.399 e. The van der Waals surface area contributed by atoms with Crippen LogP contribution in [0.4, 0.5) is 5.69 Å². The molecule has 1 saturated heterocycles. The molecule has 0 saturated carbocycles. The van der Waals surface area contributed by atoms with Crippen LogP contribution in [0.3, 0.4) is 0 Å². The van der Waals surface area contributed by atoms with Gasteiger partial charge in [-0.3, -0.25) is 4.90 Å². The van der Waals surface area contributed by atoms with Gasteiger partial charge in [0.2, 0.25) is 9.84 Å². The van der Waals surface area contributed by atoms with Crippen LogP contribution < -0.4 is 5.73 Å². The fourth-order valence-corrected chi connectivity index (χ4v) is 4.23. The second-order valence-corrected chi connectivity index (χ2v) is 7.29. The number of rotatable bonds is 2. The lowest BCUT2D eigenvalue weighted by Crippen LogP contribution is -2.44.